The van der Waals surface area contributed by atoms with Gasteiger partial charge in [0.25, 0.3) is 0 Å². The Labute approximate surface area is 125 Å². The number of halogens is 1. The molecular weight excluding hydrogens is 265 g/mol. The van der Waals surface area contributed by atoms with Crippen molar-refractivity contribution in [1.82, 2.24) is 0 Å². The van der Waals surface area contributed by atoms with Crippen LogP contribution in [0.15, 0.2) is 18.2 Å². The zero-order valence-electron chi connectivity index (χ0n) is 12.9. The Hall–Kier alpha value is -1.40. The molecule has 2 aliphatic rings. The highest BCUT2D eigenvalue weighted by Crippen LogP contribution is 2.66. The molecule has 0 aromatic heterocycles. The van der Waals surface area contributed by atoms with E-state index in [2.05, 4.69) is 20.8 Å². The minimum atomic E-state index is -0.437. The predicted molar refractivity (Wildman–Crippen MR) is 78.9 cm³/mol. The van der Waals surface area contributed by atoms with Gasteiger partial charge in [0.1, 0.15) is 11.9 Å². The van der Waals surface area contributed by atoms with E-state index < -0.39 is 5.82 Å². The SMILES string of the molecule is CC1(C)C2CCC1(C)C(OCc1cccc(C#N)c1F)C2. The van der Waals surface area contributed by atoms with Crippen LogP contribution < -0.4 is 0 Å². The molecule has 0 aliphatic heterocycles. The van der Waals surface area contributed by atoms with Crippen molar-refractivity contribution in [3.05, 3.63) is 35.1 Å². The van der Waals surface area contributed by atoms with Crippen LogP contribution in [-0.2, 0) is 11.3 Å². The Kier molecular flexibility index (Phi) is 3.33. The second-order valence-corrected chi connectivity index (χ2v) is 7.30. The van der Waals surface area contributed by atoms with E-state index in [0.29, 0.717) is 16.9 Å². The van der Waals surface area contributed by atoms with E-state index in [0.717, 1.165) is 6.42 Å². The van der Waals surface area contributed by atoms with E-state index in [4.69, 9.17) is 10.00 Å². The van der Waals surface area contributed by atoms with Gasteiger partial charge in [-0.1, -0.05) is 32.9 Å². The van der Waals surface area contributed by atoms with Crippen LogP contribution in [0, 0.1) is 33.9 Å². The van der Waals surface area contributed by atoms with Crippen LogP contribution in [0.5, 0.6) is 0 Å². The standard InChI is InChI=1S/C18H22FNO/c1-17(2)14-7-8-18(17,3)15(9-14)21-11-13-6-4-5-12(10-20)16(13)19/h4-6,14-15H,7-9,11H2,1-3H3. The zero-order chi connectivity index (χ0) is 15.3. The van der Waals surface area contributed by atoms with Crippen molar-refractivity contribution in [3.8, 4) is 6.07 Å². The molecule has 2 aliphatic carbocycles. The maximum absolute atomic E-state index is 14.1. The van der Waals surface area contributed by atoms with Crippen molar-refractivity contribution in [1.29, 1.82) is 5.26 Å². The Morgan fingerprint density at radius 1 is 1.38 bits per heavy atom. The third-order valence-electron chi connectivity index (χ3n) is 6.35. The first-order valence-corrected chi connectivity index (χ1v) is 7.69. The summed E-state index contributed by atoms with van der Waals surface area (Å²) in [7, 11) is 0. The van der Waals surface area contributed by atoms with Gasteiger partial charge in [0.15, 0.2) is 0 Å². The number of rotatable bonds is 3. The van der Waals surface area contributed by atoms with E-state index >= 15 is 0 Å². The minimum Gasteiger partial charge on any atom is -0.373 e. The number of hydrogen-bond acceptors (Lipinski definition) is 2. The summed E-state index contributed by atoms with van der Waals surface area (Å²) >= 11 is 0. The van der Waals surface area contributed by atoms with Crippen LogP contribution in [-0.4, -0.2) is 6.10 Å². The molecule has 2 saturated carbocycles. The monoisotopic (exact) mass is 287 g/mol. The normalized spacial score (nSPS) is 33.1. The van der Waals surface area contributed by atoms with Crippen molar-refractivity contribution in [2.75, 3.05) is 0 Å². The second-order valence-electron chi connectivity index (χ2n) is 7.30. The average Bonchev–Trinajstić information content (AvgIpc) is 2.79. The van der Waals surface area contributed by atoms with E-state index in [1.807, 2.05) is 6.07 Å². The predicted octanol–water partition coefficient (Wildman–Crippen LogP) is 4.43. The molecule has 0 radical (unpaired) electrons. The molecule has 1 aromatic carbocycles. The molecule has 2 nitrogen and oxygen atoms in total. The van der Waals surface area contributed by atoms with Gasteiger partial charge in [0, 0.05) is 5.56 Å². The molecule has 0 spiro atoms. The molecule has 0 N–H and O–H groups in total. The molecule has 3 heteroatoms. The zero-order valence-corrected chi connectivity index (χ0v) is 12.9. The van der Waals surface area contributed by atoms with Gasteiger partial charge in [-0.25, -0.2) is 4.39 Å². The highest BCUT2D eigenvalue weighted by atomic mass is 19.1. The first-order chi connectivity index (χ1) is 9.90. The lowest BCUT2D eigenvalue weighted by Crippen LogP contribution is -2.37. The fourth-order valence-electron chi connectivity index (χ4n) is 4.35. The smallest absolute Gasteiger partial charge is 0.146 e. The van der Waals surface area contributed by atoms with Gasteiger partial charge in [-0.05, 0) is 42.1 Å². The molecule has 3 atom stereocenters. The van der Waals surface area contributed by atoms with Crippen molar-refractivity contribution in [2.24, 2.45) is 16.7 Å². The molecule has 0 heterocycles. The Balaban J connectivity index is 1.74. The Morgan fingerprint density at radius 2 is 2.14 bits per heavy atom. The van der Waals surface area contributed by atoms with E-state index in [1.165, 1.54) is 18.9 Å². The van der Waals surface area contributed by atoms with Crippen LogP contribution >= 0.6 is 0 Å². The van der Waals surface area contributed by atoms with Crippen molar-refractivity contribution < 1.29 is 9.13 Å². The molecule has 21 heavy (non-hydrogen) atoms. The van der Waals surface area contributed by atoms with Crippen molar-refractivity contribution in [2.45, 2.75) is 52.7 Å². The fraction of sp³-hybridized carbons (Fsp3) is 0.611. The number of fused-ring (bicyclic) bond motifs is 2. The molecule has 112 valence electrons. The second kappa shape index (κ2) is 4.81. The third-order valence-corrected chi connectivity index (χ3v) is 6.35. The quantitative estimate of drug-likeness (QED) is 0.824. The fourth-order valence-corrected chi connectivity index (χ4v) is 4.35. The maximum Gasteiger partial charge on any atom is 0.146 e. The molecule has 2 bridgehead atoms. The highest BCUT2D eigenvalue weighted by molar-refractivity contribution is 5.34. The molecular formula is C18H22FNO. The van der Waals surface area contributed by atoms with Crippen LogP contribution in [0.2, 0.25) is 0 Å². The van der Waals surface area contributed by atoms with Gasteiger partial charge in [-0.3, -0.25) is 0 Å². The summed E-state index contributed by atoms with van der Waals surface area (Å²) in [4.78, 5) is 0. The number of hydrogen-bond donors (Lipinski definition) is 0. The molecule has 3 rings (SSSR count). The first-order valence-electron chi connectivity index (χ1n) is 7.69. The summed E-state index contributed by atoms with van der Waals surface area (Å²) in [5, 5.41) is 8.89. The summed E-state index contributed by atoms with van der Waals surface area (Å²) in [6.07, 6.45) is 3.73. The topological polar surface area (TPSA) is 33.0 Å². The average molecular weight is 287 g/mol. The third kappa shape index (κ3) is 2.00. The van der Waals surface area contributed by atoms with Crippen molar-refractivity contribution >= 4 is 0 Å². The lowest BCUT2D eigenvalue weighted by molar-refractivity contribution is -0.0557. The molecule has 0 amide bonds. The molecule has 0 saturated heterocycles. The Morgan fingerprint density at radius 3 is 2.71 bits per heavy atom. The largest absolute Gasteiger partial charge is 0.373 e. The van der Waals surface area contributed by atoms with Gasteiger partial charge >= 0.3 is 0 Å². The number of nitrogens with zero attached hydrogens (tertiary/aromatic N) is 1. The van der Waals surface area contributed by atoms with E-state index in [-0.39, 0.29) is 23.7 Å². The van der Waals surface area contributed by atoms with Gasteiger partial charge < -0.3 is 4.74 Å². The highest BCUT2D eigenvalue weighted by Gasteiger charge is 2.61. The summed E-state index contributed by atoms with van der Waals surface area (Å²) in [5.41, 5.74) is 1.06. The van der Waals surface area contributed by atoms with Gasteiger partial charge in [0.05, 0.1) is 18.3 Å². The molecule has 1 aromatic rings. The van der Waals surface area contributed by atoms with Gasteiger partial charge in [-0.15, -0.1) is 0 Å². The summed E-state index contributed by atoms with van der Waals surface area (Å²) in [6, 6.07) is 6.80. The van der Waals surface area contributed by atoms with E-state index in [1.54, 1.807) is 12.1 Å². The van der Waals surface area contributed by atoms with Crippen LogP contribution in [0.4, 0.5) is 4.39 Å². The van der Waals surface area contributed by atoms with Crippen LogP contribution in [0.3, 0.4) is 0 Å². The maximum atomic E-state index is 14.1. The number of benzene rings is 1. The van der Waals surface area contributed by atoms with Crippen LogP contribution in [0.1, 0.15) is 51.2 Å². The Bertz CT molecular complexity index is 604. The number of nitriles is 1. The minimum absolute atomic E-state index is 0.0931. The number of ether oxygens (including phenoxy) is 1. The van der Waals surface area contributed by atoms with Crippen LogP contribution in [0.25, 0.3) is 0 Å². The van der Waals surface area contributed by atoms with E-state index in [9.17, 15) is 4.39 Å². The van der Waals surface area contributed by atoms with Gasteiger partial charge in [0.2, 0.25) is 0 Å². The lowest BCUT2D eigenvalue weighted by atomic mass is 9.70. The van der Waals surface area contributed by atoms with Crippen molar-refractivity contribution in [3.63, 3.8) is 0 Å². The van der Waals surface area contributed by atoms with Gasteiger partial charge in [-0.2, -0.15) is 5.26 Å². The summed E-state index contributed by atoms with van der Waals surface area (Å²) < 4.78 is 20.2. The molecule has 2 fully saturated rings. The first kappa shape index (κ1) is 14.5. The summed E-state index contributed by atoms with van der Waals surface area (Å²) in [6.45, 7) is 7.24. The summed E-state index contributed by atoms with van der Waals surface area (Å²) in [5.74, 6) is 0.273. The lowest BCUT2D eigenvalue weighted by Gasteiger charge is -2.39. The molecule has 3 unspecified atom stereocenters.